The molecule has 0 unspecified atom stereocenters. The Morgan fingerprint density at radius 1 is 1.64 bits per heavy atom. The molecule has 2 N–H and O–H groups in total. The van der Waals surface area contributed by atoms with E-state index in [1.165, 1.54) is 6.07 Å². The van der Waals surface area contributed by atoms with Crippen LogP contribution >= 0.6 is 0 Å². The first kappa shape index (κ1) is 10.7. The van der Waals surface area contributed by atoms with Gasteiger partial charge in [0.15, 0.2) is 6.29 Å². The second-order valence-electron chi connectivity index (χ2n) is 2.84. The van der Waals surface area contributed by atoms with Crippen molar-refractivity contribution < 1.29 is 13.6 Å². The molecule has 0 spiro atoms. The molecule has 0 aromatic carbocycles. The van der Waals surface area contributed by atoms with Gasteiger partial charge in [-0.2, -0.15) is 0 Å². The predicted molar refractivity (Wildman–Crippen MR) is 47.2 cm³/mol. The number of rotatable bonds is 3. The number of aromatic nitrogens is 1. The molecular formula is C9H10F2N2O. The summed E-state index contributed by atoms with van der Waals surface area (Å²) in [6, 6.07) is 1.33. The first-order chi connectivity index (χ1) is 6.60. The summed E-state index contributed by atoms with van der Waals surface area (Å²) in [5, 5.41) is 0. The lowest BCUT2D eigenvalue weighted by Gasteiger charge is -2.09. The lowest BCUT2D eigenvalue weighted by Crippen LogP contribution is -2.09. The lowest BCUT2D eigenvalue weighted by atomic mass is 10.1. The largest absolute Gasteiger partial charge is 0.325 e. The van der Waals surface area contributed by atoms with E-state index in [0.29, 0.717) is 12.0 Å². The number of nitrogens with zero attached hydrogens (tertiary/aromatic N) is 1. The highest BCUT2D eigenvalue weighted by Crippen LogP contribution is 2.25. The monoisotopic (exact) mass is 200 g/mol. The quantitative estimate of drug-likeness (QED) is 0.754. The van der Waals surface area contributed by atoms with Crippen LogP contribution in [-0.4, -0.2) is 11.3 Å². The van der Waals surface area contributed by atoms with E-state index in [9.17, 15) is 13.6 Å². The highest BCUT2D eigenvalue weighted by molar-refractivity contribution is 5.78. The summed E-state index contributed by atoms with van der Waals surface area (Å²) >= 11 is 0. The van der Waals surface area contributed by atoms with Crippen LogP contribution in [0.15, 0.2) is 6.07 Å². The van der Waals surface area contributed by atoms with Crippen molar-refractivity contribution in [2.24, 2.45) is 5.73 Å². The second-order valence-corrected chi connectivity index (χ2v) is 2.84. The third-order valence-corrected chi connectivity index (χ3v) is 1.84. The van der Waals surface area contributed by atoms with Crippen molar-refractivity contribution in [1.82, 2.24) is 4.98 Å². The SMILES string of the molecule is Cc1cc(C=O)c(C(F)F)c(CN)n1. The van der Waals surface area contributed by atoms with Gasteiger partial charge in [0.1, 0.15) is 0 Å². The molecule has 0 saturated carbocycles. The summed E-state index contributed by atoms with van der Waals surface area (Å²) in [7, 11) is 0. The van der Waals surface area contributed by atoms with E-state index in [2.05, 4.69) is 4.98 Å². The number of aryl methyl sites for hydroxylation is 1. The first-order valence-electron chi connectivity index (χ1n) is 4.04. The third-order valence-electron chi connectivity index (χ3n) is 1.84. The van der Waals surface area contributed by atoms with Gasteiger partial charge in [-0.05, 0) is 13.0 Å². The van der Waals surface area contributed by atoms with Crippen molar-refractivity contribution in [3.05, 3.63) is 28.6 Å². The fraction of sp³-hybridized carbons (Fsp3) is 0.333. The molecule has 0 amide bonds. The molecule has 0 aliphatic carbocycles. The minimum absolute atomic E-state index is 0.0343. The zero-order chi connectivity index (χ0) is 10.7. The molecular weight excluding hydrogens is 190 g/mol. The zero-order valence-electron chi connectivity index (χ0n) is 7.63. The highest BCUT2D eigenvalue weighted by Gasteiger charge is 2.18. The van der Waals surface area contributed by atoms with Crippen LogP contribution in [0.3, 0.4) is 0 Å². The summed E-state index contributed by atoms with van der Waals surface area (Å²) < 4.78 is 25.1. The maximum atomic E-state index is 12.5. The van der Waals surface area contributed by atoms with Crippen molar-refractivity contribution in [1.29, 1.82) is 0 Å². The maximum Gasteiger partial charge on any atom is 0.266 e. The fourth-order valence-corrected chi connectivity index (χ4v) is 1.28. The van der Waals surface area contributed by atoms with E-state index in [1.807, 2.05) is 0 Å². The van der Waals surface area contributed by atoms with E-state index in [0.717, 1.165) is 0 Å². The maximum absolute atomic E-state index is 12.5. The first-order valence-corrected chi connectivity index (χ1v) is 4.04. The number of hydrogen-bond donors (Lipinski definition) is 1. The number of carbonyl (C=O) groups excluding carboxylic acids is 1. The molecule has 1 aromatic heterocycles. The predicted octanol–water partition coefficient (Wildman–Crippen LogP) is 1.60. The van der Waals surface area contributed by atoms with Crippen molar-refractivity contribution >= 4 is 6.29 Å². The van der Waals surface area contributed by atoms with Crippen LogP contribution in [0.4, 0.5) is 8.78 Å². The summed E-state index contributed by atoms with van der Waals surface area (Å²) in [6.07, 6.45) is -2.32. The van der Waals surface area contributed by atoms with Gasteiger partial charge in [-0.15, -0.1) is 0 Å². The Bertz CT molecular complexity index is 353. The average Bonchev–Trinajstić information content (AvgIpc) is 2.15. The molecule has 0 fully saturated rings. The summed E-state index contributed by atoms with van der Waals surface area (Å²) in [5.41, 5.74) is 5.48. The Labute approximate surface area is 79.9 Å². The summed E-state index contributed by atoms with van der Waals surface area (Å²) in [4.78, 5) is 14.4. The van der Waals surface area contributed by atoms with E-state index in [-0.39, 0.29) is 23.4 Å². The summed E-state index contributed by atoms with van der Waals surface area (Å²) in [6.45, 7) is 1.53. The molecule has 0 bridgehead atoms. The molecule has 0 atom stereocenters. The number of carbonyl (C=O) groups is 1. The van der Waals surface area contributed by atoms with E-state index >= 15 is 0 Å². The topological polar surface area (TPSA) is 56.0 Å². The van der Waals surface area contributed by atoms with Gasteiger partial charge in [0.25, 0.3) is 6.43 Å². The smallest absolute Gasteiger partial charge is 0.266 e. The van der Waals surface area contributed by atoms with Gasteiger partial charge in [-0.1, -0.05) is 0 Å². The number of hydrogen-bond acceptors (Lipinski definition) is 3. The molecule has 1 heterocycles. The van der Waals surface area contributed by atoms with Crippen LogP contribution in [-0.2, 0) is 6.54 Å². The lowest BCUT2D eigenvalue weighted by molar-refractivity contribution is 0.110. The number of aldehydes is 1. The molecule has 0 aliphatic heterocycles. The Hall–Kier alpha value is -1.36. The minimum atomic E-state index is -2.72. The van der Waals surface area contributed by atoms with Crippen molar-refractivity contribution in [3.63, 3.8) is 0 Å². The molecule has 76 valence electrons. The number of nitrogens with two attached hydrogens (primary N) is 1. The van der Waals surface area contributed by atoms with E-state index in [4.69, 9.17) is 5.73 Å². The molecule has 0 saturated heterocycles. The van der Waals surface area contributed by atoms with Crippen LogP contribution in [0, 0.1) is 6.92 Å². The van der Waals surface area contributed by atoms with Crippen molar-refractivity contribution in [2.45, 2.75) is 19.9 Å². The van der Waals surface area contributed by atoms with Gasteiger partial charge in [0.05, 0.1) is 11.3 Å². The molecule has 5 heteroatoms. The van der Waals surface area contributed by atoms with E-state index in [1.54, 1.807) is 6.92 Å². The highest BCUT2D eigenvalue weighted by atomic mass is 19.3. The minimum Gasteiger partial charge on any atom is -0.325 e. The van der Waals surface area contributed by atoms with Crippen LogP contribution < -0.4 is 5.73 Å². The average molecular weight is 200 g/mol. The standard InChI is InChI=1S/C9H10F2N2O/c1-5-2-6(4-14)8(9(10)11)7(3-12)13-5/h2,4,9H,3,12H2,1H3. The van der Waals surface area contributed by atoms with Gasteiger partial charge in [-0.3, -0.25) is 9.78 Å². The third kappa shape index (κ3) is 1.93. The van der Waals surface area contributed by atoms with Gasteiger partial charge in [-0.25, -0.2) is 8.78 Å². The molecule has 14 heavy (non-hydrogen) atoms. The second kappa shape index (κ2) is 4.23. The molecule has 1 aromatic rings. The molecule has 3 nitrogen and oxygen atoms in total. The fourth-order valence-electron chi connectivity index (χ4n) is 1.28. The van der Waals surface area contributed by atoms with Gasteiger partial charge >= 0.3 is 0 Å². The van der Waals surface area contributed by atoms with Gasteiger partial charge in [0.2, 0.25) is 0 Å². The summed E-state index contributed by atoms with van der Waals surface area (Å²) in [5.74, 6) is 0. The van der Waals surface area contributed by atoms with Crippen molar-refractivity contribution in [3.8, 4) is 0 Å². The Morgan fingerprint density at radius 2 is 2.29 bits per heavy atom. The number of pyridine rings is 1. The van der Waals surface area contributed by atoms with Crippen molar-refractivity contribution in [2.75, 3.05) is 0 Å². The van der Waals surface area contributed by atoms with E-state index < -0.39 is 6.43 Å². The Morgan fingerprint density at radius 3 is 2.71 bits per heavy atom. The van der Waals surface area contributed by atoms with Crippen LogP contribution in [0.2, 0.25) is 0 Å². The number of halogens is 2. The molecule has 1 rings (SSSR count). The van der Waals surface area contributed by atoms with Gasteiger partial charge < -0.3 is 5.73 Å². The van der Waals surface area contributed by atoms with Crippen LogP contribution in [0.25, 0.3) is 0 Å². The zero-order valence-corrected chi connectivity index (χ0v) is 7.63. The Kier molecular flexibility index (Phi) is 3.24. The van der Waals surface area contributed by atoms with Gasteiger partial charge in [0, 0.05) is 17.8 Å². The normalized spacial score (nSPS) is 10.6. The Balaban J connectivity index is 3.40. The number of alkyl halides is 2. The molecule has 0 aliphatic rings. The van der Waals surface area contributed by atoms with Crippen LogP contribution in [0.5, 0.6) is 0 Å². The van der Waals surface area contributed by atoms with Crippen LogP contribution in [0.1, 0.15) is 33.7 Å². The molecule has 0 radical (unpaired) electrons.